The lowest BCUT2D eigenvalue weighted by molar-refractivity contribution is -0.385. The summed E-state index contributed by atoms with van der Waals surface area (Å²) in [6, 6.07) is 11.5. The lowest BCUT2D eigenvalue weighted by Crippen LogP contribution is -2.29. The van der Waals surface area contributed by atoms with Crippen molar-refractivity contribution in [1.29, 1.82) is 0 Å². The van der Waals surface area contributed by atoms with Crippen molar-refractivity contribution in [2.24, 2.45) is 0 Å². The summed E-state index contributed by atoms with van der Waals surface area (Å²) >= 11 is 5.37. The predicted octanol–water partition coefficient (Wildman–Crippen LogP) is 3.66. The third-order valence-corrected chi connectivity index (χ3v) is 5.70. The number of aryl methyl sites for hydroxylation is 1. The molecule has 1 amide bonds. The zero-order chi connectivity index (χ0) is 24.9. The highest BCUT2D eigenvalue weighted by Crippen LogP contribution is 2.29. The Bertz CT molecular complexity index is 1320. The Morgan fingerprint density at radius 1 is 1.23 bits per heavy atom. The van der Waals surface area contributed by atoms with Gasteiger partial charge in [-0.1, -0.05) is 18.2 Å². The monoisotopic (exact) mass is 493 g/mol. The first-order valence-electron chi connectivity index (χ1n) is 10.8. The van der Waals surface area contributed by atoms with E-state index in [1.165, 1.54) is 24.1 Å². The van der Waals surface area contributed by atoms with Crippen LogP contribution in [0.4, 0.5) is 5.69 Å². The third kappa shape index (κ3) is 5.30. The van der Waals surface area contributed by atoms with Crippen LogP contribution in [0.25, 0.3) is 6.08 Å². The molecular weight excluding hydrogens is 470 g/mol. The second-order valence-electron chi connectivity index (χ2n) is 7.67. The number of rotatable bonds is 9. The Balaban J connectivity index is 1.53. The summed E-state index contributed by atoms with van der Waals surface area (Å²) in [6.45, 7) is 3.08. The highest BCUT2D eigenvalue weighted by atomic mass is 32.1. The van der Waals surface area contributed by atoms with Crippen molar-refractivity contribution in [3.63, 3.8) is 0 Å². The van der Waals surface area contributed by atoms with Gasteiger partial charge in [0.2, 0.25) is 0 Å². The molecule has 10 nitrogen and oxygen atoms in total. The minimum absolute atomic E-state index is 0.0400. The van der Waals surface area contributed by atoms with Gasteiger partial charge >= 0.3 is 5.69 Å². The molecule has 0 radical (unpaired) electrons. The fourth-order valence-corrected chi connectivity index (χ4v) is 3.87. The average Bonchev–Trinajstić information content (AvgIpc) is 3.42. The maximum absolute atomic E-state index is 13.0. The maximum atomic E-state index is 13.0. The topological polar surface area (TPSA) is 112 Å². The van der Waals surface area contributed by atoms with Crippen LogP contribution in [-0.2, 0) is 24.5 Å². The van der Waals surface area contributed by atoms with Crippen molar-refractivity contribution in [2.75, 3.05) is 7.11 Å². The van der Waals surface area contributed by atoms with Crippen molar-refractivity contribution < 1.29 is 19.2 Å². The van der Waals surface area contributed by atoms with Gasteiger partial charge in [0.25, 0.3) is 5.91 Å². The molecule has 1 aliphatic rings. The Morgan fingerprint density at radius 3 is 2.74 bits per heavy atom. The summed E-state index contributed by atoms with van der Waals surface area (Å²) in [5.41, 5.74) is 2.48. The van der Waals surface area contributed by atoms with E-state index in [2.05, 4.69) is 10.4 Å². The number of hydrogen-bond donors (Lipinski definition) is 1. The Hall–Kier alpha value is -4.25. The van der Waals surface area contributed by atoms with E-state index in [1.54, 1.807) is 47.3 Å². The predicted molar refractivity (Wildman–Crippen MR) is 133 cm³/mol. The van der Waals surface area contributed by atoms with Crippen LogP contribution in [0.1, 0.15) is 23.6 Å². The number of nitro benzene ring substituents is 1. The number of nitro groups is 1. The second kappa shape index (κ2) is 10.3. The quantitative estimate of drug-likeness (QED) is 0.208. The molecule has 0 bridgehead atoms. The van der Waals surface area contributed by atoms with E-state index in [1.807, 2.05) is 13.1 Å². The van der Waals surface area contributed by atoms with Gasteiger partial charge in [0.1, 0.15) is 18.1 Å². The summed E-state index contributed by atoms with van der Waals surface area (Å²) in [5, 5.41) is 18.8. The molecule has 0 atom stereocenters. The minimum atomic E-state index is -0.493. The molecule has 11 heteroatoms. The molecule has 1 aliphatic heterocycles. The van der Waals surface area contributed by atoms with Crippen LogP contribution >= 0.6 is 12.2 Å². The van der Waals surface area contributed by atoms with Gasteiger partial charge in [0.15, 0.2) is 10.9 Å². The van der Waals surface area contributed by atoms with Crippen molar-refractivity contribution in [3.05, 3.63) is 87.4 Å². The van der Waals surface area contributed by atoms with E-state index in [9.17, 15) is 14.9 Å². The summed E-state index contributed by atoms with van der Waals surface area (Å²) in [5.74, 6) is 0.470. The molecule has 0 aliphatic carbocycles. The van der Waals surface area contributed by atoms with Crippen LogP contribution in [0.3, 0.4) is 0 Å². The molecule has 3 aromatic rings. The molecule has 2 heterocycles. The number of methoxy groups -OCH3 is 1. The second-order valence-corrected chi connectivity index (χ2v) is 8.06. The van der Waals surface area contributed by atoms with E-state index >= 15 is 0 Å². The Kier molecular flexibility index (Phi) is 7.06. The minimum Gasteiger partial charge on any atom is -0.496 e. The van der Waals surface area contributed by atoms with E-state index < -0.39 is 4.92 Å². The van der Waals surface area contributed by atoms with Gasteiger partial charge in [-0.3, -0.25) is 24.5 Å². The van der Waals surface area contributed by atoms with Crippen LogP contribution in [-0.4, -0.2) is 37.7 Å². The Morgan fingerprint density at radius 2 is 2.03 bits per heavy atom. The largest absolute Gasteiger partial charge is 0.496 e. The number of nitrogens with one attached hydrogen (secondary N) is 1. The first-order chi connectivity index (χ1) is 16.9. The van der Waals surface area contributed by atoms with E-state index in [0.29, 0.717) is 34.2 Å². The number of carbonyl (C=O) groups excluding carboxylic acids is 1. The first-order valence-corrected chi connectivity index (χ1v) is 11.2. The van der Waals surface area contributed by atoms with Gasteiger partial charge in [-0.25, -0.2) is 0 Å². The molecule has 180 valence electrons. The van der Waals surface area contributed by atoms with Crippen LogP contribution in [0.5, 0.6) is 11.5 Å². The fourth-order valence-electron chi connectivity index (χ4n) is 3.61. The lowest BCUT2D eigenvalue weighted by atomic mass is 10.1. The van der Waals surface area contributed by atoms with Crippen LogP contribution in [0.15, 0.2) is 60.6 Å². The lowest BCUT2D eigenvalue weighted by Gasteiger charge is -2.12. The van der Waals surface area contributed by atoms with E-state index in [0.717, 1.165) is 12.1 Å². The van der Waals surface area contributed by atoms with Crippen molar-refractivity contribution in [2.45, 2.75) is 26.6 Å². The van der Waals surface area contributed by atoms with Gasteiger partial charge in [-0.15, -0.1) is 0 Å². The zero-order valence-corrected chi connectivity index (χ0v) is 19.9. The number of ether oxygens (including phenoxy) is 2. The number of aromatic nitrogens is 2. The molecule has 0 unspecified atom stereocenters. The fraction of sp³-hybridized carbons (Fsp3) is 0.208. The number of thiocarbonyl (C=S) groups is 1. The molecule has 1 fully saturated rings. The molecule has 2 aromatic carbocycles. The molecule has 0 saturated carbocycles. The summed E-state index contributed by atoms with van der Waals surface area (Å²) < 4.78 is 12.9. The molecule has 0 spiro atoms. The van der Waals surface area contributed by atoms with Gasteiger partial charge in [-0.05, 0) is 49.0 Å². The van der Waals surface area contributed by atoms with Crippen molar-refractivity contribution >= 4 is 35.0 Å². The van der Waals surface area contributed by atoms with Crippen molar-refractivity contribution in [3.8, 4) is 11.5 Å². The summed E-state index contributed by atoms with van der Waals surface area (Å²) in [7, 11) is 1.53. The third-order valence-electron chi connectivity index (χ3n) is 5.37. The van der Waals surface area contributed by atoms with E-state index in [4.69, 9.17) is 21.7 Å². The Labute approximate surface area is 206 Å². The normalized spacial score (nSPS) is 14.3. The van der Waals surface area contributed by atoms with Crippen LogP contribution < -0.4 is 14.8 Å². The van der Waals surface area contributed by atoms with Gasteiger partial charge < -0.3 is 14.8 Å². The molecule has 1 N–H and O–H groups in total. The standard InChI is InChI=1S/C24H23N5O5S/c1-3-27-13-17(12-25-27)14-28-23(30)19(26-24(28)35)11-16-8-9-21(33-2)18(10-16)15-34-22-7-5-4-6-20(22)29(31)32/h4-13H,3,14-15H2,1-2H3,(H,26,35)/b19-11+. The number of nitrogens with zero attached hydrogens (tertiary/aromatic N) is 4. The maximum Gasteiger partial charge on any atom is 0.310 e. The first kappa shape index (κ1) is 23.9. The SMILES string of the molecule is CCn1cc(CN2C(=O)/C(=C\c3ccc(OC)c(COc4ccccc4[N+](=O)[O-])c3)NC2=S)cn1. The van der Waals surface area contributed by atoms with Crippen LogP contribution in [0, 0.1) is 10.1 Å². The number of benzene rings is 2. The van der Waals surface area contributed by atoms with E-state index in [-0.39, 0.29) is 24.0 Å². The van der Waals surface area contributed by atoms with Gasteiger partial charge in [0, 0.05) is 29.9 Å². The molecule has 4 rings (SSSR count). The smallest absolute Gasteiger partial charge is 0.310 e. The number of para-hydroxylation sites is 2. The van der Waals surface area contributed by atoms with Gasteiger partial charge in [-0.2, -0.15) is 5.10 Å². The highest BCUT2D eigenvalue weighted by Gasteiger charge is 2.31. The highest BCUT2D eigenvalue weighted by molar-refractivity contribution is 7.80. The number of hydrogen-bond acceptors (Lipinski definition) is 7. The average molecular weight is 494 g/mol. The molecule has 35 heavy (non-hydrogen) atoms. The molecular formula is C24H23N5O5S. The zero-order valence-electron chi connectivity index (χ0n) is 19.1. The van der Waals surface area contributed by atoms with Gasteiger partial charge in [0.05, 0.1) is 24.8 Å². The number of carbonyl (C=O) groups is 1. The number of amides is 1. The molecule has 1 aromatic heterocycles. The van der Waals surface area contributed by atoms with Crippen LogP contribution in [0.2, 0.25) is 0 Å². The molecule has 1 saturated heterocycles. The summed E-state index contributed by atoms with van der Waals surface area (Å²) in [6.07, 6.45) is 5.29. The summed E-state index contributed by atoms with van der Waals surface area (Å²) in [4.78, 5) is 25.2. The van der Waals surface area contributed by atoms with Crippen molar-refractivity contribution in [1.82, 2.24) is 20.0 Å².